The number of nitrogens with one attached hydrogen (secondary N) is 1. The molecule has 0 bridgehead atoms. The fourth-order valence-corrected chi connectivity index (χ4v) is 1.87. The molecule has 0 unspecified atom stereocenters. The van der Waals surface area contributed by atoms with Crippen LogP contribution in [0.1, 0.15) is 10.4 Å². The lowest BCUT2D eigenvalue weighted by molar-refractivity contribution is 0.102. The number of nitrogens with zero attached hydrogens (tertiary/aromatic N) is 1. The predicted molar refractivity (Wildman–Crippen MR) is 76.3 cm³/mol. The Kier molecular flexibility index (Phi) is 3.29. The largest absolute Gasteiger partial charge is 0.464 e. The van der Waals surface area contributed by atoms with E-state index in [0.717, 1.165) is 11.3 Å². The maximum absolute atomic E-state index is 12.0. The van der Waals surface area contributed by atoms with Crippen LogP contribution in [0.3, 0.4) is 0 Å². The predicted octanol–water partition coefficient (Wildman–Crippen LogP) is 3.59. The van der Waals surface area contributed by atoms with Gasteiger partial charge in [0.05, 0.1) is 18.1 Å². The molecule has 2 aromatic heterocycles. The van der Waals surface area contributed by atoms with Gasteiger partial charge in [0.1, 0.15) is 5.76 Å². The fraction of sp³-hybridized carbons (Fsp3) is 0. The highest BCUT2D eigenvalue weighted by atomic mass is 16.3. The molecule has 0 saturated carbocycles. The molecule has 4 nitrogen and oxygen atoms in total. The molecule has 3 rings (SSSR count). The number of carbonyl (C=O) groups excluding carboxylic acids is 1. The summed E-state index contributed by atoms with van der Waals surface area (Å²) in [5, 5.41) is 2.79. The van der Waals surface area contributed by atoms with Crippen molar-refractivity contribution in [2.75, 3.05) is 5.32 Å². The maximum Gasteiger partial charge on any atom is 0.255 e. The number of furan rings is 1. The van der Waals surface area contributed by atoms with Crippen molar-refractivity contribution < 1.29 is 9.21 Å². The molecule has 0 radical (unpaired) electrons. The van der Waals surface area contributed by atoms with Crippen LogP contribution in [0, 0.1) is 0 Å². The van der Waals surface area contributed by atoms with Gasteiger partial charge < -0.3 is 9.73 Å². The highest BCUT2D eigenvalue weighted by Crippen LogP contribution is 2.20. The van der Waals surface area contributed by atoms with Crippen molar-refractivity contribution in [3.63, 3.8) is 0 Å². The summed E-state index contributed by atoms with van der Waals surface area (Å²) in [5.41, 5.74) is 2.20. The molecule has 4 heteroatoms. The third-order valence-electron chi connectivity index (χ3n) is 2.87. The summed E-state index contributed by atoms with van der Waals surface area (Å²) in [6, 6.07) is 14.5. The van der Waals surface area contributed by atoms with Gasteiger partial charge in [-0.25, -0.2) is 0 Å². The average Bonchev–Trinajstić information content (AvgIpc) is 3.03. The zero-order valence-corrected chi connectivity index (χ0v) is 10.6. The summed E-state index contributed by atoms with van der Waals surface area (Å²) in [7, 11) is 0. The summed E-state index contributed by atoms with van der Waals surface area (Å²) < 4.78 is 5.31. The van der Waals surface area contributed by atoms with Crippen LogP contribution in [0.15, 0.2) is 71.6 Å². The molecule has 98 valence electrons. The van der Waals surface area contributed by atoms with Gasteiger partial charge in [-0.05, 0) is 36.4 Å². The van der Waals surface area contributed by atoms with E-state index < -0.39 is 0 Å². The molecule has 0 spiro atoms. The third kappa shape index (κ3) is 2.59. The Morgan fingerprint density at radius 2 is 1.90 bits per heavy atom. The van der Waals surface area contributed by atoms with Crippen LogP contribution in [-0.2, 0) is 0 Å². The van der Waals surface area contributed by atoms with E-state index in [0.29, 0.717) is 11.3 Å². The normalized spacial score (nSPS) is 10.2. The summed E-state index contributed by atoms with van der Waals surface area (Å²) in [6.45, 7) is 0. The first kappa shape index (κ1) is 12.2. The molecular formula is C16H12N2O2. The number of anilines is 1. The standard InChI is InChI=1S/C16H12N2O2/c19-16(18-14-3-1-9-17-11-14)13-7-5-12(6-8-13)15-4-2-10-20-15/h1-11H,(H,18,19). The van der Waals surface area contributed by atoms with E-state index in [4.69, 9.17) is 4.42 Å². The Hall–Kier alpha value is -2.88. The van der Waals surface area contributed by atoms with Gasteiger partial charge in [-0.2, -0.15) is 0 Å². The van der Waals surface area contributed by atoms with Crippen LogP contribution in [0.5, 0.6) is 0 Å². The number of amides is 1. The molecule has 0 fully saturated rings. The topological polar surface area (TPSA) is 55.1 Å². The van der Waals surface area contributed by atoms with Crippen LogP contribution in [0.2, 0.25) is 0 Å². The van der Waals surface area contributed by atoms with Gasteiger partial charge in [0.25, 0.3) is 5.91 Å². The molecule has 2 heterocycles. The lowest BCUT2D eigenvalue weighted by atomic mass is 10.1. The first-order valence-electron chi connectivity index (χ1n) is 6.18. The van der Waals surface area contributed by atoms with E-state index in [9.17, 15) is 4.79 Å². The van der Waals surface area contributed by atoms with E-state index in [1.54, 1.807) is 42.9 Å². The monoisotopic (exact) mass is 264 g/mol. The van der Waals surface area contributed by atoms with Crippen molar-refractivity contribution in [2.24, 2.45) is 0 Å². The summed E-state index contributed by atoms with van der Waals surface area (Å²) in [6.07, 6.45) is 4.89. The van der Waals surface area contributed by atoms with Gasteiger partial charge in [0, 0.05) is 17.3 Å². The molecule has 0 aliphatic carbocycles. The second-order valence-electron chi connectivity index (χ2n) is 4.25. The lowest BCUT2D eigenvalue weighted by Gasteiger charge is -2.05. The van der Waals surface area contributed by atoms with Gasteiger partial charge in [-0.15, -0.1) is 0 Å². The van der Waals surface area contributed by atoms with E-state index in [2.05, 4.69) is 10.3 Å². The lowest BCUT2D eigenvalue weighted by Crippen LogP contribution is -2.11. The highest BCUT2D eigenvalue weighted by molar-refractivity contribution is 6.04. The number of carbonyl (C=O) groups is 1. The molecule has 1 N–H and O–H groups in total. The molecular weight excluding hydrogens is 252 g/mol. The average molecular weight is 264 g/mol. The zero-order valence-electron chi connectivity index (χ0n) is 10.6. The van der Waals surface area contributed by atoms with Crippen molar-refractivity contribution in [2.45, 2.75) is 0 Å². The second kappa shape index (κ2) is 5.40. The molecule has 1 amide bonds. The molecule has 0 atom stereocenters. The number of rotatable bonds is 3. The van der Waals surface area contributed by atoms with Crippen molar-refractivity contribution >= 4 is 11.6 Å². The van der Waals surface area contributed by atoms with Gasteiger partial charge in [0.15, 0.2) is 0 Å². The summed E-state index contributed by atoms with van der Waals surface area (Å²) >= 11 is 0. The Morgan fingerprint density at radius 3 is 2.55 bits per heavy atom. The fourth-order valence-electron chi connectivity index (χ4n) is 1.87. The number of hydrogen-bond acceptors (Lipinski definition) is 3. The van der Waals surface area contributed by atoms with Gasteiger partial charge >= 0.3 is 0 Å². The smallest absolute Gasteiger partial charge is 0.255 e. The van der Waals surface area contributed by atoms with Crippen molar-refractivity contribution in [3.8, 4) is 11.3 Å². The minimum absolute atomic E-state index is 0.163. The Labute approximate surface area is 116 Å². The van der Waals surface area contributed by atoms with E-state index in [-0.39, 0.29) is 5.91 Å². The Morgan fingerprint density at radius 1 is 1.05 bits per heavy atom. The number of benzene rings is 1. The molecule has 0 aliphatic heterocycles. The summed E-state index contributed by atoms with van der Waals surface area (Å²) in [5.74, 6) is 0.619. The quantitative estimate of drug-likeness (QED) is 0.786. The van der Waals surface area contributed by atoms with E-state index in [1.165, 1.54) is 0 Å². The van der Waals surface area contributed by atoms with Crippen molar-refractivity contribution in [3.05, 3.63) is 72.8 Å². The van der Waals surface area contributed by atoms with Crippen molar-refractivity contribution in [1.82, 2.24) is 4.98 Å². The van der Waals surface area contributed by atoms with Crippen LogP contribution in [-0.4, -0.2) is 10.9 Å². The second-order valence-corrected chi connectivity index (χ2v) is 4.25. The SMILES string of the molecule is O=C(Nc1cccnc1)c1ccc(-c2ccco2)cc1. The van der Waals surface area contributed by atoms with Crippen LogP contribution in [0.4, 0.5) is 5.69 Å². The van der Waals surface area contributed by atoms with E-state index in [1.807, 2.05) is 24.3 Å². The van der Waals surface area contributed by atoms with Gasteiger partial charge in [-0.3, -0.25) is 9.78 Å². The van der Waals surface area contributed by atoms with Crippen LogP contribution in [0.25, 0.3) is 11.3 Å². The zero-order chi connectivity index (χ0) is 13.8. The van der Waals surface area contributed by atoms with Crippen LogP contribution >= 0.6 is 0 Å². The minimum atomic E-state index is -0.163. The van der Waals surface area contributed by atoms with Gasteiger partial charge in [-0.1, -0.05) is 12.1 Å². The minimum Gasteiger partial charge on any atom is -0.464 e. The molecule has 0 aliphatic rings. The Balaban J connectivity index is 1.76. The highest BCUT2D eigenvalue weighted by Gasteiger charge is 2.07. The first-order chi connectivity index (χ1) is 9.83. The van der Waals surface area contributed by atoms with Crippen LogP contribution < -0.4 is 5.32 Å². The third-order valence-corrected chi connectivity index (χ3v) is 2.87. The summed E-state index contributed by atoms with van der Waals surface area (Å²) in [4.78, 5) is 16.0. The molecule has 3 aromatic rings. The first-order valence-corrected chi connectivity index (χ1v) is 6.18. The maximum atomic E-state index is 12.0. The van der Waals surface area contributed by atoms with Crippen molar-refractivity contribution in [1.29, 1.82) is 0 Å². The number of aromatic nitrogens is 1. The molecule has 0 saturated heterocycles. The molecule has 1 aromatic carbocycles. The molecule has 20 heavy (non-hydrogen) atoms. The number of pyridine rings is 1. The van der Waals surface area contributed by atoms with E-state index >= 15 is 0 Å². The Bertz CT molecular complexity index is 689. The number of hydrogen-bond donors (Lipinski definition) is 1. The van der Waals surface area contributed by atoms with Gasteiger partial charge in [0.2, 0.25) is 0 Å².